The molecule has 3 aromatic rings. The fourth-order valence-electron chi connectivity index (χ4n) is 2.62. The van der Waals surface area contributed by atoms with Crippen LogP contribution in [0, 0.1) is 27.7 Å². The van der Waals surface area contributed by atoms with E-state index in [0.29, 0.717) is 0 Å². The smallest absolute Gasteiger partial charge is 0.180 e. The van der Waals surface area contributed by atoms with Crippen LogP contribution < -0.4 is 5.43 Å². The molecule has 0 atom stereocenters. The normalized spacial score (nSPS) is 11.3. The van der Waals surface area contributed by atoms with E-state index >= 15 is 0 Å². The summed E-state index contributed by atoms with van der Waals surface area (Å²) in [6.45, 7) is 8.04. The molecule has 1 N–H and O–H groups in total. The summed E-state index contributed by atoms with van der Waals surface area (Å²) in [5, 5.41) is 8.42. The highest BCUT2D eigenvalue weighted by Crippen LogP contribution is 2.19. The summed E-state index contributed by atoms with van der Waals surface area (Å²) < 4.78 is 7.23. The van der Waals surface area contributed by atoms with Crippen LogP contribution in [0.2, 0.25) is 0 Å². The van der Waals surface area contributed by atoms with Crippen molar-refractivity contribution in [2.45, 2.75) is 27.7 Å². The molecule has 0 amide bonds. The number of nitrogens with zero attached hydrogens (tertiary/aromatic N) is 3. The Labute approximate surface area is 135 Å². The van der Waals surface area contributed by atoms with Crippen molar-refractivity contribution < 1.29 is 4.52 Å². The number of aryl methyl sites for hydroxylation is 3. The van der Waals surface area contributed by atoms with Gasteiger partial charge in [-0.25, -0.2) is 0 Å². The van der Waals surface area contributed by atoms with Crippen molar-refractivity contribution in [3.63, 3.8) is 0 Å². The first kappa shape index (κ1) is 15.1. The topological polar surface area (TPSA) is 55.4 Å². The second-order valence-corrected chi connectivity index (χ2v) is 5.70. The van der Waals surface area contributed by atoms with Gasteiger partial charge in [0.05, 0.1) is 11.9 Å². The Balaban J connectivity index is 1.82. The van der Waals surface area contributed by atoms with Gasteiger partial charge in [-0.3, -0.25) is 9.99 Å². The highest BCUT2D eigenvalue weighted by atomic mass is 16.5. The maximum atomic E-state index is 5.17. The van der Waals surface area contributed by atoms with E-state index in [1.54, 1.807) is 0 Å². The predicted molar refractivity (Wildman–Crippen MR) is 92.4 cm³/mol. The number of rotatable bonds is 4. The van der Waals surface area contributed by atoms with E-state index in [1.165, 1.54) is 5.56 Å². The van der Waals surface area contributed by atoms with Crippen LogP contribution in [0.25, 0.3) is 5.82 Å². The number of hydrazone groups is 1. The molecule has 118 valence electrons. The molecular formula is C18H20N4O. The number of benzene rings is 1. The summed E-state index contributed by atoms with van der Waals surface area (Å²) in [4.78, 5) is 0. The molecule has 0 unspecified atom stereocenters. The predicted octanol–water partition coefficient (Wildman–Crippen LogP) is 4.14. The zero-order chi connectivity index (χ0) is 16.4. The third kappa shape index (κ3) is 3.18. The summed E-state index contributed by atoms with van der Waals surface area (Å²) in [5.41, 5.74) is 8.44. The van der Waals surface area contributed by atoms with Gasteiger partial charge in [-0.15, -0.1) is 0 Å². The van der Waals surface area contributed by atoms with Crippen LogP contribution in [0.3, 0.4) is 0 Å². The number of hydrogen-bond donors (Lipinski definition) is 1. The third-order valence-electron chi connectivity index (χ3n) is 3.73. The lowest BCUT2D eigenvalue weighted by Crippen LogP contribution is -2.00. The molecule has 5 heteroatoms. The fourth-order valence-corrected chi connectivity index (χ4v) is 2.62. The molecular weight excluding hydrogens is 288 g/mol. The quantitative estimate of drug-likeness (QED) is 0.582. The molecule has 0 aliphatic carbocycles. The van der Waals surface area contributed by atoms with E-state index in [1.807, 2.05) is 45.2 Å². The molecule has 0 bridgehead atoms. The Morgan fingerprint density at radius 3 is 2.65 bits per heavy atom. The zero-order valence-electron chi connectivity index (χ0n) is 13.8. The SMILES string of the molecule is Cc1cccc(N/N=C\c2cc(C)n(-c3cc(C)on3)c2C)c1. The van der Waals surface area contributed by atoms with Crippen molar-refractivity contribution in [2.24, 2.45) is 5.10 Å². The Morgan fingerprint density at radius 1 is 1.13 bits per heavy atom. The average molecular weight is 308 g/mol. The van der Waals surface area contributed by atoms with Gasteiger partial charge in [-0.1, -0.05) is 17.3 Å². The maximum absolute atomic E-state index is 5.17. The molecule has 3 rings (SSSR count). The fraction of sp³-hybridized carbons (Fsp3) is 0.222. The summed E-state index contributed by atoms with van der Waals surface area (Å²) >= 11 is 0. The van der Waals surface area contributed by atoms with Crippen LogP contribution in [0.15, 0.2) is 46.0 Å². The first-order valence-corrected chi connectivity index (χ1v) is 7.53. The number of hydrogen-bond acceptors (Lipinski definition) is 4. The number of aromatic nitrogens is 2. The molecule has 0 saturated heterocycles. The Morgan fingerprint density at radius 2 is 1.96 bits per heavy atom. The summed E-state index contributed by atoms with van der Waals surface area (Å²) in [7, 11) is 0. The summed E-state index contributed by atoms with van der Waals surface area (Å²) in [5.74, 6) is 1.59. The van der Waals surface area contributed by atoms with Gasteiger partial charge in [-0.05, 0) is 51.5 Å². The largest absolute Gasteiger partial charge is 0.360 e. The molecule has 0 spiro atoms. The zero-order valence-corrected chi connectivity index (χ0v) is 13.8. The van der Waals surface area contributed by atoms with E-state index < -0.39 is 0 Å². The lowest BCUT2D eigenvalue weighted by molar-refractivity contribution is 0.394. The van der Waals surface area contributed by atoms with Gasteiger partial charge in [0.25, 0.3) is 0 Å². The maximum Gasteiger partial charge on any atom is 0.180 e. The van der Waals surface area contributed by atoms with E-state index in [0.717, 1.165) is 34.2 Å². The minimum absolute atomic E-state index is 0.795. The van der Waals surface area contributed by atoms with Crippen molar-refractivity contribution in [1.29, 1.82) is 0 Å². The van der Waals surface area contributed by atoms with Crippen LogP contribution in [0.4, 0.5) is 5.69 Å². The summed E-state index contributed by atoms with van der Waals surface area (Å²) in [6.07, 6.45) is 1.83. The van der Waals surface area contributed by atoms with Crippen LogP contribution in [-0.2, 0) is 0 Å². The monoisotopic (exact) mass is 308 g/mol. The molecule has 0 fully saturated rings. The highest BCUT2D eigenvalue weighted by Gasteiger charge is 2.12. The Bertz CT molecular complexity index is 858. The number of nitrogens with one attached hydrogen (secondary N) is 1. The van der Waals surface area contributed by atoms with Crippen molar-refractivity contribution in [3.8, 4) is 5.82 Å². The van der Waals surface area contributed by atoms with Crippen molar-refractivity contribution >= 4 is 11.9 Å². The van der Waals surface area contributed by atoms with E-state index in [-0.39, 0.29) is 0 Å². The molecule has 2 heterocycles. The molecule has 0 aliphatic heterocycles. The Kier molecular flexibility index (Phi) is 4.02. The molecule has 0 saturated carbocycles. The van der Waals surface area contributed by atoms with Gasteiger partial charge < -0.3 is 4.52 Å². The standard InChI is InChI=1S/C18H20N4O/c1-12-6-5-7-17(8-12)20-19-11-16-9-13(2)22(15(16)4)18-10-14(3)23-21-18/h5-11,20H,1-4H3/b19-11-. The lowest BCUT2D eigenvalue weighted by Gasteiger charge is -2.04. The van der Waals surface area contributed by atoms with Gasteiger partial charge in [0.2, 0.25) is 0 Å². The van der Waals surface area contributed by atoms with E-state index in [9.17, 15) is 0 Å². The van der Waals surface area contributed by atoms with Gasteiger partial charge in [0.15, 0.2) is 5.82 Å². The molecule has 5 nitrogen and oxygen atoms in total. The van der Waals surface area contributed by atoms with Gasteiger partial charge in [-0.2, -0.15) is 5.10 Å². The van der Waals surface area contributed by atoms with E-state index in [4.69, 9.17) is 4.52 Å². The Hall–Kier alpha value is -2.82. The molecule has 23 heavy (non-hydrogen) atoms. The molecule has 0 aliphatic rings. The summed E-state index contributed by atoms with van der Waals surface area (Å²) in [6, 6.07) is 12.1. The first-order valence-electron chi connectivity index (χ1n) is 7.53. The highest BCUT2D eigenvalue weighted by molar-refractivity contribution is 5.82. The van der Waals surface area contributed by atoms with Gasteiger partial charge in [0, 0.05) is 23.0 Å². The van der Waals surface area contributed by atoms with Gasteiger partial charge >= 0.3 is 0 Å². The second kappa shape index (κ2) is 6.12. The minimum atomic E-state index is 0.795. The number of anilines is 1. The van der Waals surface area contributed by atoms with Crippen LogP contribution in [-0.4, -0.2) is 15.9 Å². The third-order valence-corrected chi connectivity index (χ3v) is 3.73. The van der Waals surface area contributed by atoms with Crippen molar-refractivity contribution in [2.75, 3.05) is 5.43 Å². The molecule has 0 radical (unpaired) electrons. The van der Waals surface area contributed by atoms with Crippen molar-refractivity contribution in [1.82, 2.24) is 9.72 Å². The molecule has 1 aromatic carbocycles. The second-order valence-electron chi connectivity index (χ2n) is 5.70. The van der Waals surface area contributed by atoms with Crippen LogP contribution in [0.5, 0.6) is 0 Å². The van der Waals surface area contributed by atoms with Crippen LogP contribution >= 0.6 is 0 Å². The van der Waals surface area contributed by atoms with E-state index in [2.05, 4.69) is 45.4 Å². The lowest BCUT2D eigenvalue weighted by atomic mass is 10.2. The van der Waals surface area contributed by atoms with Crippen LogP contribution in [0.1, 0.15) is 28.3 Å². The minimum Gasteiger partial charge on any atom is -0.360 e. The van der Waals surface area contributed by atoms with Gasteiger partial charge in [0.1, 0.15) is 5.76 Å². The van der Waals surface area contributed by atoms with Crippen molar-refractivity contribution in [3.05, 3.63) is 64.7 Å². The molecule has 2 aromatic heterocycles. The first-order chi connectivity index (χ1) is 11.0. The average Bonchev–Trinajstić information content (AvgIpc) is 3.03.